The Bertz CT molecular complexity index is 1270. The molecule has 0 radical (unpaired) electrons. The summed E-state index contributed by atoms with van der Waals surface area (Å²) in [5.74, 6) is 7.53. The zero-order chi connectivity index (χ0) is 21.0. The van der Waals surface area contributed by atoms with Crippen molar-refractivity contribution < 1.29 is 0 Å². The van der Waals surface area contributed by atoms with Gasteiger partial charge in [-0.05, 0) is 62.1 Å². The monoisotopic (exact) mass is 406 g/mol. The first-order valence-electron chi connectivity index (χ1n) is 11.1. The zero-order valence-electron chi connectivity index (χ0n) is 17.8. The van der Waals surface area contributed by atoms with Crippen LogP contribution in [0.25, 0.3) is 16.9 Å². The molecule has 31 heavy (non-hydrogen) atoms. The van der Waals surface area contributed by atoms with Crippen molar-refractivity contribution in [2.24, 2.45) is 0 Å². The maximum Gasteiger partial charge on any atom is 0.139 e. The van der Waals surface area contributed by atoms with Gasteiger partial charge in [0, 0.05) is 29.1 Å². The number of benzene rings is 1. The van der Waals surface area contributed by atoms with Crippen molar-refractivity contribution in [2.75, 3.05) is 5.32 Å². The molecule has 1 aromatic carbocycles. The summed E-state index contributed by atoms with van der Waals surface area (Å²) in [6, 6.07) is 20.9. The number of nitrogens with one attached hydrogen (secondary N) is 1. The molecule has 1 aliphatic rings. The van der Waals surface area contributed by atoms with E-state index >= 15 is 0 Å². The fourth-order valence-electron chi connectivity index (χ4n) is 4.27. The Hall–Kier alpha value is -3.58. The lowest BCUT2D eigenvalue weighted by Crippen LogP contribution is -2.23. The lowest BCUT2D eigenvalue weighted by Gasteiger charge is -2.24. The number of aryl methyl sites for hydroxylation is 1. The van der Waals surface area contributed by atoms with Crippen LogP contribution >= 0.6 is 0 Å². The molecule has 0 saturated heterocycles. The third-order valence-corrected chi connectivity index (χ3v) is 5.84. The molecule has 1 saturated carbocycles. The van der Waals surface area contributed by atoms with Crippen molar-refractivity contribution in [1.29, 1.82) is 0 Å². The van der Waals surface area contributed by atoms with Gasteiger partial charge in [0.05, 0.1) is 0 Å². The van der Waals surface area contributed by atoms with Crippen LogP contribution in [0.3, 0.4) is 0 Å². The lowest BCUT2D eigenvalue weighted by molar-refractivity contribution is 0.462. The van der Waals surface area contributed by atoms with Crippen LogP contribution in [0.5, 0.6) is 0 Å². The molecule has 154 valence electrons. The Morgan fingerprint density at radius 1 is 0.903 bits per heavy atom. The summed E-state index contributed by atoms with van der Waals surface area (Å²) < 4.78 is 2.17. The highest BCUT2D eigenvalue weighted by Gasteiger charge is 2.19. The average molecular weight is 407 g/mol. The van der Waals surface area contributed by atoms with E-state index in [9.17, 15) is 0 Å². The summed E-state index contributed by atoms with van der Waals surface area (Å²) in [6.45, 7) is 1.98. The molecule has 0 unspecified atom stereocenters. The lowest BCUT2D eigenvalue weighted by atomic mass is 9.95. The Labute approximate surface area is 183 Å². The molecule has 0 bridgehead atoms. The largest absolute Gasteiger partial charge is 0.367 e. The third kappa shape index (κ3) is 4.32. The Kier molecular flexibility index (Phi) is 5.41. The molecular weight excluding hydrogens is 380 g/mol. The van der Waals surface area contributed by atoms with Crippen LogP contribution in [-0.4, -0.2) is 20.4 Å². The summed E-state index contributed by atoms with van der Waals surface area (Å²) in [4.78, 5) is 9.44. The quantitative estimate of drug-likeness (QED) is 0.434. The second kappa shape index (κ2) is 8.65. The van der Waals surface area contributed by atoms with E-state index in [-0.39, 0.29) is 0 Å². The minimum atomic E-state index is 0.503. The van der Waals surface area contributed by atoms with Crippen molar-refractivity contribution >= 4 is 11.5 Å². The molecule has 0 spiro atoms. The highest BCUT2D eigenvalue weighted by Crippen LogP contribution is 2.31. The molecular formula is C27H26N4. The summed E-state index contributed by atoms with van der Waals surface area (Å²) >= 11 is 0. The number of nitrogens with zero attached hydrogens (tertiary/aromatic N) is 3. The number of imidazole rings is 1. The van der Waals surface area contributed by atoms with E-state index in [1.54, 1.807) is 0 Å². The van der Waals surface area contributed by atoms with Crippen LogP contribution in [0.15, 0.2) is 66.9 Å². The maximum atomic E-state index is 4.96. The first kappa shape index (κ1) is 19.4. The van der Waals surface area contributed by atoms with Crippen LogP contribution < -0.4 is 5.32 Å². The molecule has 3 heterocycles. The van der Waals surface area contributed by atoms with Crippen LogP contribution in [-0.2, 0) is 0 Å². The van der Waals surface area contributed by atoms with Crippen molar-refractivity contribution in [3.05, 3.63) is 83.8 Å². The standard InChI is InChI=1S/C27H26N4/c1-20-9-7-14-24(28-20)17-16-21-10-8-11-22(19-21)26-27(29-23-12-3-2-4-13-23)31-18-6-5-15-25(31)30-26/h5-11,14-15,18-19,23,29H,2-4,12-13H2,1H3. The topological polar surface area (TPSA) is 42.2 Å². The van der Waals surface area contributed by atoms with E-state index in [1.165, 1.54) is 32.1 Å². The first-order chi connectivity index (χ1) is 15.3. The highest BCUT2D eigenvalue weighted by molar-refractivity contribution is 5.77. The van der Waals surface area contributed by atoms with Crippen LogP contribution in [0.1, 0.15) is 49.1 Å². The molecule has 0 amide bonds. The van der Waals surface area contributed by atoms with Gasteiger partial charge in [-0.2, -0.15) is 0 Å². The second-order valence-electron chi connectivity index (χ2n) is 8.21. The summed E-state index contributed by atoms with van der Waals surface area (Å²) in [6.07, 6.45) is 8.45. The average Bonchev–Trinajstić information content (AvgIpc) is 3.17. The van der Waals surface area contributed by atoms with Gasteiger partial charge < -0.3 is 5.32 Å². The van der Waals surface area contributed by atoms with Crippen molar-refractivity contribution in [3.8, 4) is 23.1 Å². The van der Waals surface area contributed by atoms with Gasteiger partial charge in [-0.1, -0.05) is 49.4 Å². The van der Waals surface area contributed by atoms with Gasteiger partial charge in [0.2, 0.25) is 0 Å². The van der Waals surface area contributed by atoms with Crippen molar-refractivity contribution in [2.45, 2.75) is 45.1 Å². The SMILES string of the molecule is Cc1cccc(C#Cc2cccc(-c3nc4ccccn4c3NC3CCCCC3)c2)n1. The van der Waals surface area contributed by atoms with Gasteiger partial charge in [-0.25, -0.2) is 9.97 Å². The number of fused-ring (bicyclic) bond motifs is 1. The predicted molar refractivity (Wildman–Crippen MR) is 126 cm³/mol. The van der Waals surface area contributed by atoms with E-state index < -0.39 is 0 Å². The second-order valence-corrected chi connectivity index (χ2v) is 8.21. The van der Waals surface area contributed by atoms with E-state index in [4.69, 9.17) is 4.98 Å². The molecule has 4 heteroatoms. The van der Waals surface area contributed by atoms with Gasteiger partial charge in [-0.3, -0.25) is 4.40 Å². The van der Waals surface area contributed by atoms with Crippen LogP contribution in [0.4, 0.5) is 5.82 Å². The Balaban J connectivity index is 1.52. The van der Waals surface area contributed by atoms with Gasteiger partial charge in [-0.15, -0.1) is 0 Å². The Morgan fingerprint density at radius 2 is 1.77 bits per heavy atom. The number of aromatic nitrogens is 3. The van der Waals surface area contributed by atoms with Crippen molar-refractivity contribution in [3.63, 3.8) is 0 Å². The normalized spacial score (nSPS) is 14.2. The van der Waals surface area contributed by atoms with E-state index in [0.717, 1.165) is 39.7 Å². The van der Waals surface area contributed by atoms with E-state index in [1.807, 2.05) is 37.3 Å². The molecule has 1 fully saturated rings. The molecule has 5 rings (SSSR count). The summed E-state index contributed by atoms with van der Waals surface area (Å²) in [7, 11) is 0. The van der Waals surface area contributed by atoms with Gasteiger partial charge in [0.25, 0.3) is 0 Å². The van der Waals surface area contributed by atoms with Crippen LogP contribution in [0, 0.1) is 18.8 Å². The molecule has 1 aliphatic carbocycles. The fourth-order valence-corrected chi connectivity index (χ4v) is 4.27. The molecule has 1 N–H and O–H groups in total. The molecule has 0 atom stereocenters. The minimum Gasteiger partial charge on any atom is -0.367 e. The minimum absolute atomic E-state index is 0.503. The van der Waals surface area contributed by atoms with Gasteiger partial charge in [0.1, 0.15) is 22.9 Å². The molecule has 4 nitrogen and oxygen atoms in total. The zero-order valence-corrected chi connectivity index (χ0v) is 17.8. The third-order valence-electron chi connectivity index (χ3n) is 5.84. The van der Waals surface area contributed by atoms with Crippen molar-refractivity contribution in [1.82, 2.24) is 14.4 Å². The van der Waals surface area contributed by atoms with Gasteiger partial charge >= 0.3 is 0 Å². The number of anilines is 1. The fraction of sp³-hybridized carbons (Fsp3) is 0.259. The smallest absolute Gasteiger partial charge is 0.139 e. The molecule has 0 aliphatic heterocycles. The number of hydrogen-bond donors (Lipinski definition) is 1. The van der Waals surface area contributed by atoms with Crippen LogP contribution in [0.2, 0.25) is 0 Å². The number of rotatable bonds is 3. The maximum absolute atomic E-state index is 4.96. The van der Waals surface area contributed by atoms with E-state index in [0.29, 0.717) is 6.04 Å². The predicted octanol–water partition coefficient (Wildman–Crippen LogP) is 5.85. The summed E-state index contributed by atoms with van der Waals surface area (Å²) in [5.41, 5.74) is 5.74. The molecule has 3 aromatic heterocycles. The summed E-state index contributed by atoms with van der Waals surface area (Å²) in [5, 5.41) is 3.81. The van der Waals surface area contributed by atoms with E-state index in [2.05, 4.69) is 63.1 Å². The molecule has 4 aromatic rings. The highest BCUT2D eigenvalue weighted by atomic mass is 15.1. The van der Waals surface area contributed by atoms with Gasteiger partial charge in [0.15, 0.2) is 0 Å². The number of hydrogen-bond acceptors (Lipinski definition) is 3. The first-order valence-corrected chi connectivity index (χ1v) is 11.1. The number of pyridine rings is 2. The Morgan fingerprint density at radius 3 is 2.65 bits per heavy atom.